The van der Waals surface area contributed by atoms with Gasteiger partial charge in [0.25, 0.3) is 5.91 Å². The molecule has 6 nitrogen and oxygen atoms in total. The van der Waals surface area contributed by atoms with Crippen molar-refractivity contribution < 1.29 is 14.7 Å². The van der Waals surface area contributed by atoms with E-state index in [1.54, 1.807) is 42.5 Å². The second-order valence-electron chi connectivity index (χ2n) is 7.02. The van der Waals surface area contributed by atoms with Crippen LogP contribution in [0.3, 0.4) is 0 Å². The highest BCUT2D eigenvalue weighted by molar-refractivity contribution is 7.09. The Bertz CT molecular complexity index is 1320. The van der Waals surface area contributed by atoms with Gasteiger partial charge in [0.1, 0.15) is 0 Å². The van der Waals surface area contributed by atoms with Crippen molar-refractivity contribution in [3.63, 3.8) is 0 Å². The highest BCUT2D eigenvalue weighted by atomic mass is 35.5. The minimum Gasteiger partial charge on any atom is -0.481 e. The van der Waals surface area contributed by atoms with Gasteiger partial charge < -0.3 is 10.4 Å². The Morgan fingerprint density at radius 3 is 2.39 bits per heavy atom. The molecule has 4 rings (SSSR count). The molecule has 2 aromatic heterocycles. The topological polar surface area (TPSA) is 84.2 Å². The SMILES string of the molecule is O=C(O)Cc1c(C(=O)NCc2cccs2)nn(-c2ccc(Cl)cc2Cl)c1-c1ccc(Cl)cc1. The number of carboxylic acids is 1. The van der Waals surface area contributed by atoms with Crippen molar-refractivity contribution in [3.8, 4) is 16.9 Å². The number of hydrogen-bond acceptors (Lipinski definition) is 4. The highest BCUT2D eigenvalue weighted by Gasteiger charge is 2.27. The summed E-state index contributed by atoms with van der Waals surface area (Å²) in [6.45, 7) is 0.299. The largest absolute Gasteiger partial charge is 0.481 e. The molecule has 0 fully saturated rings. The van der Waals surface area contributed by atoms with E-state index < -0.39 is 18.3 Å². The number of nitrogens with one attached hydrogen (secondary N) is 1. The Morgan fingerprint density at radius 1 is 1.03 bits per heavy atom. The molecule has 0 aliphatic carbocycles. The third-order valence-corrected chi connectivity index (χ3v) is 6.45. The van der Waals surface area contributed by atoms with E-state index in [1.165, 1.54) is 16.0 Å². The zero-order chi connectivity index (χ0) is 23.5. The molecule has 1 amide bonds. The minimum absolute atomic E-state index is 0.00456. The lowest BCUT2D eigenvalue weighted by atomic mass is 10.0. The average Bonchev–Trinajstić information content (AvgIpc) is 3.41. The third-order valence-electron chi connectivity index (χ3n) is 4.79. The number of hydrogen-bond donors (Lipinski definition) is 2. The molecule has 168 valence electrons. The fourth-order valence-electron chi connectivity index (χ4n) is 3.35. The van der Waals surface area contributed by atoms with E-state index in [2.05, 4.69) is 10.4 Å². The van der Waals surface area contributed by atoms with Crippen LogP contribution in [-0.4, -0.2) is 26.8 Å². The lowest BCUT2D eigenvalue weighted by molar-refractivity contribution is -0.136. The van der Waals surface area contributed by atoms with Gasteiger partial charge in [0, 0.05) is 26.0 Å². The van der Waals surface area contributed by atoms with Gasteiger partial charge in [-0.15, -0.1) is 11.3 Å². The van der Waals surface area contributed by atoms with Crippen LogP contribution < -0.4 is 5.32 Å². The monoisotopic (exact) mass is 519 g/mol. The van der Waals surface area contributed by atoms with Crippen molar-refractivity contribution in [2.75, 3.05) is 0 Å². The van der Waals surface area contributed by atoms with Gasteiger partial charge in [0.15, 0.2) is 5.69 Å². The van der Waals surface area contributed by atoms with E-state index in [0.717, 1.165) is 4.88 Å². The molecular weight excluding hydrogens is 505 g/mol. The predicted molar refractivity (Wildman–Crippen MR) is 131 cm³/mol. The van der Waals surface area contributed by atoms with Crippen LogP contribution in [0.1, 0.15) is 20.9 Å². The van der Waals surface area contributed by atoms with Gasteiger partial charge in [0.05, 0.1) is 29.4 Å². The van der Waals surface area contributed by atoms with Crippen molar-refractivity contribution in [2.24, 2.45) is 0 Å². The lowest BCUT2D eigenvalue weighted by Gasteiger charge is -2.11. The number of carboxylic acid groups (broad SMARTS) is 1. The number of amides is 1. The Hall–Kier alpha value is -2.84. The third kappa shape index (κ3) is 5.23. The average molecular weight is 521 g/mol. The summed E-state index contributed by atoms with van der Waals surface area (Å²) in [5.41, 5.74) is 1.78. The molecule has 33 heavy (non-hydrogen) atoms. The molecule has 2 aromatic carbocycles. The van der Waals surface area contributed by atoms with Crippen molar-refractivity contribution in [3.05, 3.63) is 91.2 Å². The summed E-state index contributed by atoms with van der Waals surface area (Å²) in [5, 5.41) is 20.1. The number of halogens is 3. The van der Waals surface area contributed by atoms with E-state index >= 15 is 0 Å². The van der Waals surface area contributed by atoms with Gasteiger partial charge in [-0.1, -0.05) is 53.0 Å². The van der Waals surface area contributed by atoms with Crippen LogP contribution in [0.15, 0.2) is 60.0 Å². The summed E-state index contributed by atoms with van der Waals surface area (Å²) in [6, 6.07) is 15.5. The molecule has 2 N–H and O–H groups in total. The van der Waals surface area contributed by atoms with Gasteiger partial charge in [0.2, 0.25) is 0 Å². The first-order valence-electron chi connectivity index (χ1n) is 9.69. The molecule has 10 heteroatoms. The molecule has 0 radical (unpaired) electrons. The van der Waals surface area contributed by atoms with Crippen LogP contribution in [0.2, 0.25) is 15.1 Å². The zero-order valence-electron chi connectivity index (χ0n) is 16.9. The van der Waals surface area contributed by atoms with Crippen molar-refractivity contribution in [1.82, 2.24) is 15.1 Å². The first kappa shape index (κ1) is 23.3. The van der Waals surface area contributed by atoms with Crippen LogP contribution >= 0.6 is 46.1 Å². The summed E-state index contributed by atoms with van der Waals surface area (Å²) in [4.78, 5) is 25.8. The van der Waals surface area contributed by atoms with E-state index in [0.29, 0.717) is 38.6 Å². The fraction of sp³-hybridized carbons (Fsp3) is 0.0870. The molecule has 0 atom stereocenters. The normalized spacial score (nSPS) is 10.9. The molecule has 0 unspecified atom stereocenters. The van der Waals surface area contributed by atoms with Crippen LogP contribution in [0.4, 0.5) is 0 Å². The minimum atomic E-state index is -1.10. The number of aromatic nitrogens is 2. The molecule has 0 spiro atoms. The second-order valence-corrected chi connectivity index (χ2v) is 9.34. The smallest absolute Gasteiger partial charge is 0.307 e. The standard InChI is InChI=1S/C23H16Cl3N3O3S/c24-14-5-3-13(4-6-14)22-17(11-20(30)31)21(23(32)27-12-16-2-1-9-33-16)28-29(22)19-8-7-15(25)10-18(19)26/h1-10H,11-12H2,(H,27,32)(H,30,31). The summed E-state index contributed by atoms with van der Waals surface area (Å²) in [5.74, 6) is -1.59. The number of carbonyl (C=O) groups is 2. The molecule has 0 bridgehead atoms. The number of rotatable bonds is 7. The van der Waals surface area contributed by atoms with Crippen molar-refractivity contribution >= 4 is 58.0 Å². The number of aliphatic carboxylic acids is 1. The number of carbonyl (C=O) groups excluding carboxylic acids is 1. The Labute approximate surface area is 208 Å². The van der Waals surface area contributed by atoms with Gasteiger partial charge >= 0.3 is 5.97 Å². The first-order chi connectivity index (χ1) is 15.8. The highest BCUT2D eigenvalue weighted by Crippen LogP contribution is 2.34. The van der Waals surface area contributed by atoms with Gasteiger partial charge in [-0.2, -0.15) is 5.10 Å². The number of benzene rings is 2. The maximum Gasteiger partial charge on any atom is 0.307 e. The Morgan fingerprint density at radius 2 is 1.76 bits per heavy atom. The lowest BCUT2D eigenvalue weighted by Crippen LogP contribution is -2.24. The van der Waals surface area contributed by atoms with E-state index in [4.69, 9.17) is 34.8 Å². The molecule has 0 saturated heterocycles. The molecule has 4 aromatic rings. The maximum atomic E-state index is 13.1. The van der Waals surface area contributed by atoms with Crippen LogP contribution in [0.5, 0.6) is 0 Å². The van der Waals surface area contributed by atoms with Gasteiger partial charge in [-0.3, -0.25) is 9.59 Å². The van der Waals surface area contributed by atoms with Crippen LogP contribution in [-0.2, 0) is 17.8 Å². The number of nitrogens with zero attached hydrogens (tertiary/aromatic N) is 2. The summed E-state index contributed by atoms with van der Waals surface area (Å²) in [7, 11) is 0. The van der Waals surface area contributed by atoms with Crippen molar-refractivity contribution in [2.45, 2.75) is 13.0 Å². The Balaban J connectivity index is 1.89. The summed E-state index contributed by atoms with van der Waals surface area (Å²) >= 11 is 20.1. The fourth-order valence-corrected chi connectivity index (χ4v) is 4.61. The Kier molecular flexibility index (Phi) is 7.05. The number of thiophene rings is 1. The van der Waals surface area contributed by atoms with Crippen molar-refractivity contribution in [1.29, 1.82) is 0 Å². The van der Waals surface area contributed by atoms with Gasteiger partial charge in [-0.05, 0) is 41.8 Å². The van der Waals surface area contributed by atoms with Crippen LogP contribution in [0.25, 0.3) is 16.9 Å². The summed E-state index contributed by atoms with van der Waals surface area (Å²) in [6.07, 6.45) is -0.412. The first-order valence-corrected chi connectivity index (χ1v) is 11.7. The maximum absolute atomic E-state index is 13.1. The second kappa shape index (κ2) is 9.97. The molecular formula is C23H16Cl3N3O3S. The van der Waals surface area contributed by atoms with E-state index in [-0.39, 0.29) is 11.3 Å². The van der Waals surface area contributed by atoms with Gasteiger partial charge in [-0.25, -0.2) is 4.68 Å². The molecule has 2 heterocycles. The molecule has 0 saturated carbocycles. The van der Waals surface area contributed by atoms with E-state index in [1.807, 2.05) is 17.5 Å². The summed E-state index contributed by atoms with van der Waals surface area (Å²) < 4.78 is 1.47. The quantitative estimate of drug-likeness (QED) is 0.307. The molecule has 0 aliphatic heterocycles. The van der Waals surface area contributed by atoms with E-state index in [9.17, 15) is 14.7 Å². The zero-order valence-corrected chi connectivity index (χ0v) is 20.0. The van der Waals surface area contributed by atoms with Crippen LogP contribution in [0, 0.1) is 0 Å². The predicted octanol–water partition coefficient (Wildman–Crippen LogP) is 6.12. The molecule has 0 aliphatic rings.